The van der Waals surface area contributed by atoms with E-state index in [0.717, 1.165) is 27.9 Å². The largest absolute Gasteiger partial charge is 0.126 e. The predicted molar refractivity (Wildman–Crippen MR) is 76.3 cm³/mol. The lowest BCUT2D eigenvalue weighted by Crippen LogP contribution is -2.16. The summed E-state index contributed by atoms with van der Waals surface area (Å²) in [6.07, 6.45) is 6.20. The molecule has 1 aromatic carbocycles. The maximum atomic E-state index is 6.21. The first kappa shape index (κ1) is 13.5. The second kappa shape index (κ2) is 6.31. The van der Waals surface area contributed by atoms with Gasteiger partial charge in [-0.1, -0.05) is 55.0 Å². The van der Waals surface area contributed by atoms with Crippen LogP contribution in [-0.4, -0.2) is 5.88 Å². The highest BCUT2D eigenvalue weighted by Gasteiger charge is 2.25. The van der Waals surface area contributed by atoms with Crippen LogP contribution < -0.4 is 0 Å². The molecular formula is C14H17Cl3. The van der Waals surface area contributed by atoms with Crippen molar-refractivity contribution in [1.82, 2.24) is 0 Å². The van der Waals surface area contributed by atoms with Gasteiger partial charge in [0.05, 0.1) is 0 Å². The van der Waals surface area contributed by atoms with Crippen molar-refractivity contribution in [2.45, 2.75) is 32.1 Å². The molecule has 0 nitrogen and oxygen atoms in total. The normalized spacial score (nSPS) is 18.5. The van der Waals surface area contributed by atoms with Crippen LogP contribution in [0.25, 0.3) is 0 Å². The van der Waals surface area contributed by atoms with Crippen molar-refractivity contribution in [3.63, 3.8) is 0 Å². The van der Waals surface area contributed by atoms with Gasteiger partial charge in [0, 0.05) is 15.9 Å². The molecule has 0 radical (unpaired) electrons. The number of hydrogen-bond donors (Lipinski definition) is 0. The average molecular weight is 292 g/mol. The van der Waals surface area contributed by atoms with E-state index in [-0.39, 0.29) is 0 Å². The molecule has 1 aliphatic rings. The van der Waals surface area contributed by atoms with Gasteiger partial charge in [-0.3, -0.25) is 0 Å². The van der Waals surface area contributed by atoms with Crippen LogP contribution in [0.4, 0.5) is 0 Å². The van der Waals surface area contributed by atoms with E-state index in [1.165, 1.54) is 25.7 Å². The lowest BCUT2D eigenvalue weighted by atomic mass is 9.87. The minimum atomic E-state index is 0.511. The Kier molecular flexibility index (Phi) is 5.02. The molecule has 0 saturated heterocycles. The van der Waals surface area contributed by atoms with E-state index >= 15 is 0 Å². The lowest BCUT2D eigenvalue weighted by molar-refractivity contribution is 0.369. The van der Waals surface area contributed by atoms with Crippen LogP contribution in [0.15, 0.2) is 18.2 Å². The Bertz CT molecular complexity index is 349. The molecule has 3 heteroatoms. The van der Waals surface area contributed by atoms with E-state index in [2.05, 4.69) is 0 Å². The van der Waals surface area contributed by atoms with Crippen molar-refractivity contribution in [2.24, 2.45) is 11.8 Å². The van der Waals surface area contributed by atoms with E-state index in [4.69, 9.17) is 34.8 Å². The molecule has 94 valence electrons. The van der Waals surface area contributed by atoms with Crippen molar-refractivity contribution in [2.75, 3.05) is 5.88 Å². The SMILES string of the molecule is ClCC(Cc1c(Cl)cccc1Cl)C1CCCC1. The molecule has 0 spiro atoms. The topological polar surface area (TPSA) is 0 Å². The summed E-state index contributed by atoms with van der Waals surface area (Å²) in [6.45, 7) is 0. The molecule has 1 aromatic rings. The summed E-state index contributed by atoms with van der Waals surface area (Å²) in [4.78, 5) is 0. The maximum Gasteiger partial charge on any atom is 0.0452 e. The number of benzene rings is 1. The first-order valence-corrected chi connectivity index (χ1v) is 7.50. The van der Waals surface area contributed by atoms with E-state index in [1.807, 2.05) is 18.2 Å². The van der Waals surface area contributed by atoms with Gasteiger partial charge in [-0.15, -0.1) is 11.6 Å². The number of alkyl halides is 1. The Morgan fingerprint density at radius 1 is 1.12 bits per heavy atom. The summed E-state index contributed by atoms with van der Waals surface area (Å²) in [5.74, 6) is 1.96. The van der Waals surface area contributed by atoms with Gasteiger partial charge in [0.2, 0.25) is 0 Å². The average Bonchev–Trinajstić information content (AvgIpc) is 2.82. The molecule has 1 fully saturated rings. The van der Waals surface area contributed by atoms with Gasteiger partial charge in [0.25, 0.3) is 0 Å². The van der Waals surface area contributed by atoms with Crippen molar-refractivity contribution in [1.29, 1.82) is 0 Å². The summed E-state index contributed by atoms with van der Waals surface area (Å²) < 4.78 is 0. The van der Waals surface area contributed by atoms with Gasteiger partial charge in [-0.25, -0.2) is 0 Å². The highest BCUT2D eigenvalue weighted by atomic mass is 35.5. The molecular weight excluding hydrogens is 275 g/mol. The van der Waals surface area contributed by atoms with Crippen LogP contribution in [0.3, 0.4) is 0 Å². The quantitative estimate of drug-likeness (QED) is 0.635. The van der Waals surface area contributed by atoms with E-state index in [9.17, 15) is 0 Å². The molecule has 0 bridgehead atoms. The Balaban J connectivity index is 2.12. The predicted octanol–water partition coefficient (Wildman–Crippen LogP) is 5.58. The van der Waals surface area contributed by atoms with Crippen molar-refractivity contribution in [3.8, 4) is 0 Å². The van der Waals surface area contributed by atoms with Gasteiger partial charge in [-0.2, -0.15) is 0 Å². The smallest absolute Gasteiger partial charge is 0.0452 e. The summed E-state index contributed by atoms with van der Waals surface area (Å²) in [6, 6.07) is 5.70. The third-order valence-electron chi connectivity index (χ3n) is 3.79. The van der Waals surface area contributed by atoms with E-state index < -0.39 is 0 Å². The molecule has 1 saturated carbocycles. The Hall–Kier alpha value is 0.0900. The Morgan fingerprint density at radius 3 is 2.24 bits per heavy atom. The fraction of sp³-hybridized carbons (Fsp3) is 0.571. The minimum absolute atomic E-state index is 0.511. The van der Waals surface area contributed by atoms with Crippen LogP contribution in [0.2, 0.25) is 10.0 Å². The standard InChI is InChI=1S/C14H17Cl3/c15-9-11(10-4-1-2-5-10)8-12-13(16)6-3-7-14(12)17/h3,6-7,10-11H,1-2,4-5,8-9H2. The zero-order valence-electron chi connectivity index (χ0n) is 9.76. The summed E-state index contributed by atoms with van der Waals surface area (Å²) in [7, 11) is 0. The zero-order chi connectivity index (χ0) is 12.3. The van der Waals surface area contributed by atoms with Gasteiger partial charge in [0.1, 0.15) is 0 Å². The molecule has 0 N–H and O–H groups in total. The molecule has 0 heterocycles. The Labute approximate surface area is 118 Å². The second-order valence-corrected chi connectivity index (χ2v) is 5.99. The molecule has 0 aliphatic heterocycles. The molecule has 0 amide bonds. The van der Waals surface area contributed by atoms with Gasteiger partial charge in [-0.05, 0) is 36.0 Å². The minimum Gasteiger partial charge on any atom is -0.126 e. The fourth-order valence-electron chi connectivity index (χ4n) is 2.77. The van der Waals surface area contributed by atoms with Crippen molar-refractivity contribution < 1.29 is 0 Å². The maximum absolute atomic E-state index is 6.21. The third-order valence-corrected chi connectivity index (χ3v) is 4.90. The highest BCUT2D eigenvalue weighted by Crippen LogP contribution is 2.36. The van der Waals surface area contributed by atoms with E-state index in [0.29, 0.717) is 11.8 Å². The van der Waals surface area contributed by atoms with Crippen LogP contribution in [-0.2, 0) is 6.42 Å². The zero-order valence-corrected chi connectivity index (χ0v) is 12.0. The molecule has 1 aliphatic carbocycles. The van der Waals surface area contributed by atoms with Gasteiger partial charge < -0.3 is 0 Å². The summed E-state index contributed by atoms with van der Waals surface area (Å²) in [5, 5.41) is 1.54. The van der Waals surface area contributed by atoms with Gasteiger partial charge in [0.15, 0.2) is 0 Å². The fourth-order valence-corrected chi connectivity index (χ4v) is 3.68. The number of halogens is 3. The summed E-state index contributed by atoms with van der Waals surface area (Å²) >= 11 is 18.5. The monoisotopic (exact) mass is 290 g/mol. The van der Waals surface area contributed by atoms with Gasteiger partial charge >= 0.3 is 0 Å². The summed E-state index contributed by atoms with van der Waals surface area (Å²) in [5.41, 5.74) is 1.06. The molecule has 17 heavy (non-hydrogen) atoms. The van der Waals surface area contributed by atoms with Crippen LogP contribution in [0.1, 0.15) is 31.2 Å². The van der Waals surface area contributed by atoms with Crippen LogP contribution in [0, 0.1) is 11.8 Å². The van der Waals surface area contributed by atoms with Crippen molar-refractivity contribution in [3.05, 3.63) is 33.8 Å². The van der Waals surface area contributed by atoms with Crippen molar-refractivity contribution >= 4 is 34.8 Å². The first-order chi connectivity index (χ1) is 8.22. The lowest BCUT2D eigenvalue weighted by Gasteiger charge is -2.22. The van der Waals surface area contributed by atoms with E-state index in [1.54, 1.807) is 0 Å². The highest BCUT2D eigenvalue weighted by molar-refractivity contribution is 6.36. The molecule has 0 aromatic heterocycles. The molecule has 2 rings (SSSR count). The number of rotatable bonds is 4. The molecule has 1 unspecified atom stereocenters. The number of hydrogen-bond acceptors (Lipinski definition) is 0. The first-order valence-electron chi connectivity index (χ1n) is 6.21. The third kappa shape index (κ3) is 3.30. The van der Waals surface area contributed by atoms with Crippen LogP contribution >= 0.6 is 34.8 Å². The van der Waals surface area contributed by atoms with Crippen LogP contribution in [0.5, 0.6) is 0 Å². The second-order valence-electron chi connectivity index (χ2n) is 4.86. The molecule has 1 atom stereocenters. The Morgan fingerprint density at radius 2 is 1.71 bits per heavy atom.